The number of benzene rings is 2. The SMILES string of the molecule is CCCNCCNC(=O)c1ccc(S(=O)(=O)Nc2ccccc2Cl)cc1.Cl. The van der Waals surface area contributed by atoms with Gasteiger partial charge < -0.3 is 10.6 Å². The van der Waals surface area contributed by atoms with E-state index < -0.39 is 10.0 Å². The van der Waals surface area contributed by atoms with Crippen LogP contribution in [0, 0.1) is 0 Å². The normalized spacial score (nSPS) is 10.7. The summed E-state index contributed by atoms with van der Waals surface area (Å²) >= 11 is 5.98. The molecular formula is C18H23Cl2N3O3S. The highest BCUT2D eigenvalue weighted by Crippen LogP contribution is 2.24. The first kappa shape index (κ1) is 23.2. The Bertz CT molecular complexity index is 843. The Morgan fingerprint density at radius 1 is 1.00 bits per heavy atom. The molecule has 0 heterocycles. The van der Waals surface area contributed by atoms with Gasteiger partial charge in [-0.3, -0.25) is 9.52 Å². The lowest BCUT2D eigenvalue weighted by Crippen LogP contribution is -2.32. The van der Waals surface area contributed by atoms with E-state index in [1.807, 2.05) is 0 Å². The average molecular weight is 432 g/mol. The summed E-state index contributed by atoms with van der Waals surface area (Å²) < 4.78 is 27.3. The fraction of sp³-hybridized carbons (Fsp3) is 0.278. The third-order valence-corrected chi connectivity index (χ3v) is 5.27. The summed E-state index contributed by atoms with van der Waals surface area (Å²) in [7, 11) is -3.78. The van der Waals surface area contributed by atoms with Gasteiger partial charge in [0.25, 0.3) is 15.9 Å². The minimum absolute atomic E-state index is 0. The summed E-state index contributed by atoms with van der Waals surface area (Å²) in [6, 6.07) is 12.3. The highest BCUT2D eigenvalue weighted by atomic mass is 35.5. The number of anilines is 1. The molecule has 0 fully saturated rings. The number of para-hydroxylation sites is 1. The molecule has 27 heavy (non-hydrogen) atoms. The smallest absolute Gasteiger partial charge is 0.261 e. The van der Waals surface area contributed by atoms with Gasteiger partial charge in [0.05, 0.1) is 15.6 Å². The second-order valence-corrected chi connectivity index (χ2v) is 7.71. The van der Waals surface area contributed by atoms with Gasteiger partial charge in [-0.25, -0.2) is 8.42 Å². The zero-order valence-electron chi connectivity index (χ0n) is 14.9. The van der Waals surface area contributed by atoms with E-state index >= 15 is 0 Å². The first-order valence-electron chi connectivity index (χ1n) is 8.30. The molecule has 3 N–H and O–H groups in total. The second-order valence-electron chi connectivity index (χ2n) is 5.62. The largest absolute Gasteiger partial charge is 0.351 e. The fourth-order valence-corrected chi connectivity index (χ4v) is 3.52. The monoisotopic (exact) mass is 431 g/mol. The van der Waals surface area contributed by atoms with Gasteiger partial charge >= 0.3 is 0 Å². The van der Waals surface area contributed by atoms with Crippen molar-refractivity contribution in [1.29, 1.82) is 0 Å². The Kier molecular flexibility index (Phi) is 9.59. The first-order valence-corrected chi connectivity index (χ1v) is 10.2. The molecule has 0 saturated carbocycles. The molecule has 0 aromatic heterocycles. The van der Waals surface area contributed by atoms with Crippen LogP contribution in [0.15, 0.2) is 53.4 Å². The molecule has 0 saturated heterocycles. The van der Waals surface area contributed by atoms with Crippen molar-refractivity contribution in [2.24, 2.45) is 0 Å². The topological polar surface area (TPSA) is 87.3 Å². The molecule has 0 bridgehead atoms. The molecule has 0 atom stereocenters. The molecular weight excluding hydrogens is 409 g/mol. The van der Waals surface area contributed by atoms with E-state index in [1.54, 1.807) is 24.3 Å². The number of sulfonamides is 1. The molecule has 2 rings (SSSR count). The summed E-state index contributed by atoms with van der Waals surface area (Å²) in [5.41, 5.74) is 0.702. The predicted octanol–water partition coefficient (Wildman–Crippen LogP) is 3.29. The van der Waals surface area contributed by atoms with E-state index in [-0.39, 0.29) is 23.2 Å². The maximum Gasteiger partial charge on any atom is 0.261 e. The van der Waals surface area contributed by atoms with Crippen LogP contribution in [0.2, 0.25) is 5.02 Å². The minimum Gasteiger partial charge on any atom is -0.351 e. The van der Waals surface area contributed by atoms with E-state index in [1.165, 1.54) is 24.3 Å². The molecule has 1 amide bonds. The van der Waals surface area contributed by atoms with Crippen molar-refractivity contribution in [2.45, 2.75) is 18.2 Å². The van der Waals surface area contributed by atoms with Crippen molar-refractivity contribution in [1.82, 2.24) is 10.6 Å². The van der Waals surface area contributed by atoms with Crippen LogP contribution in [0.4, 0.5) is 5.69 Å². The van der Waals surface area contributed by atoms with Gasteiger partial charge in [-0.05, 0) is 49.4 Å². The third kappa shape index (κ3) is 7.03. The summed E-state index contributed by atoms with van der Waals surface area (Å²) in [6.07, 6.45) is 1.03. The van der Waals surface area contributed by atoms with Crippen molar-refractivity contribution in [3.63, 3.8) is 0 Å². The van der Waals surface area contributed by atoms with Gasteiger partial charge in [-0.1, -0.05) is 30.7 Å². The molecule has 0 aliphatic carbocycles. The summed E-state index contributed by atoms with van der Waals surface area (Å²) in [5, 5.41) is 6.27. The van der Waals surface area contributed by atoms with Gasteiger partial charge in [0.2, 0.25) is 0 Å². The lowest BCUT2D eigenvalue weighted by Gasteiger charge is -2.10. The van der Waals surface area contributed by atoms with Crippen molar-refractivity contribution < 1.29 is 13.2 Å². The quantitative estimate of drug-likeness (QED) is 0.531. The zero-order chi connectivity index (χ0) is 19.0. The van der Waals surface area contributed by atoms with Crippen LogP contribution in [0.1, 0.15) is 23.7 Å². The van der Waals surface area contributed by atoms with Crippen LogP contribution in [-0.2, 0) is 10.0 Å². The standard InChI is InChI=1S/C18H22ClN3O3S.ClH/c1-2-11-20-12-13-21-18(23)14-7-9-15(10-8-14)26(24,25)22-17-6-4-3-5-16(17)19;/h3-10,20,22H,2,11-13H2,1H3,(H,21,23);1H. The summed E-state index contributed by atoms with van der Waals surface area (Å²) in [5.74, 6) is -0.244. The third-order valence-electron chi connectivity index (χ3n) is 3.56. The molecule has 0 radical (unpaired) electrons. The molecule has 9 heteroatoms. The minimum atomic E-state index is -3.78. The lowest BCUT2D eigenvalue weighted by molar-refractivity contribution is 0.0954. The Morgan fingerprint density at radius 2 is 1.67 bits per heavy atom. The van der Waals surface area contributed by atoms with E-state index in [9.17, 15) is 13.2 Å². The van der Waals surface area contributed by atoms with E-state index in [4.69, 9.17) is 11.6 Å². The average Bonchev–Trinajstić information content (AvgIpc) is 2.63. The summed E-state index contributed by atoms with van der Waals surface area (Å²) in [4.78, 5) is 12.1. The Balaban J connectivity index is 0.00000364. The lowest BCUT2D eigenvalue weighted by atomic mass is 10.2. The Morgan fingerprint density at radius 3 is 2.30 bits per heavy atom. The van der Waals surface area contributed by atoms with E-state index in [0.717, 1.165) is 13.0 Å². The highest BCUT2D eigenvalue weighted by Gasteiger charge is 2.16. The molecule has 0 unspecified atom stereocenters. The number of carbonyl (C=O) groups is 1. The van der Waals surface area contributed by atoms with Crippen molar-refractivity contribution in [3.05, 3.63) is 59.1 Å². The van der Waals surface area contributed by atoms with Gasteiger partial charge in [-0.15, -0.1) is 12.4 Å². The van der Waals surface area contributed by atoms with Gasteiger partial charge in [0, 0.05) is 18.7 Å². The van der Waals surface area contributed by atoms with Gasteiger partial charge in [0.15, 0.2) is 0 Å². The molecule has 0 spiro atoms. The molecule has 148 valence electrons. The predicted molar refractivity (Wildman–Crippen MR) is 111 cm³/mol. The molecule has 0 aliphatic heterocycles. The molecule has 2 aromatic rings. The van der Waals surface area contributed by atoms with Gasteiger partial charge in [0.1, 0.15) is 0 Å². The maximum atomic E-state index is 12.4. The van der Waals surface area contributed by atoms with Crippen LogP contribution in [0.25, 0.3) is 0 Å². The van der Waals surface area contributed by atoms with Crippen LogP contribution < -0.4 is 15.4 Å². The first-order chi connectivity index (χ1) is 12.4. The van der Waals surface area contributed by atoms with Crippen molar-refractivity contribution >= 4 is 45.6 Å². The number of hydrogen-bond acceptors (Lipinski definition) is 4. The van der Waals surface area contributed by atoms with Crippen LogP contribution in [0.5, 0.6) is 0 Å². The van der Waals surface area contributed by atoms with Crippen molar-refractivity contribution in [2.75, 3.05) is 24.4 Å². The number of hydrogen-bond donors (Lipinski definition) is 3. The molecule has 0 aliphatic rings. The Hall–Kier alpha value is -1.80. The highest BCUT2D eigenvalue weighted by molar-refractivity contribution is 7.92. The number of rotatable bonds is 9. The number of nitrogens with one attached hydrogen (secondary N) is 3. The number of amides is 1. The van der Waals surface area contributed by atoms with E-state index in [2.05, 4.69) is 22.3 Å². The second kappa shape index (κ2) is 11.1. The molecule has 6 nitrogen and oxygen atoms in total. The number of carbonyl (C=O) groups excluding carboxylic acids is 1. The number of halogens is 2. The van der Waals surface area contributed by atoms with Crippen LogP contribution in [-0.4, -0.2) is 34.0 Å². The maximum absolute atomic E-state index is 12.4. The van der Waals surface area contributed by atoms with Crippen LogP contribution in [0.3, 0.4) is 0 Å². The van der Waals surface area contributed by atoms with E-state index in [0.29, 0.717) is 29.4 Å². The fourth-order valence-electron chi connectivity index (χ4n) is 2.20. The molecule has 2 aromatic carbocycles. The van der Waals surface area contributed by atoms with Gasteiger partial charge in [-0.2, -0.15) is 0 Å². The van der Waals surface area contributed by atoms with Crippen LogP contribution >= 0.6 is 24.0 Å². The Labute approximate surface area is 171 Å². The summed E-state index contributed by atoms with van der Waals surface area (Å²) in [6.45, 7) is 4.17. The van der Waals surface area contributed by atoms with Crippen molar-refractivity contribution in [3.8, 4) is 0 Å². The zero-order valence-corrected chi connectivity index (χ0v) is 17.3.